The van der Waals surface area contributed by atoms with Gasteiger partial charge in [0.05, 0.1) is 25.6 Å². The van der Waals surface area contributed by atoms with E-state index in [1.165, 1.54) is 0 Å². The average Bonchev–Trinajstić information content (AvgIpc) is 2.79. The molecular weight excluding hydrogens is 404 g/mol. The zero-order valence-corrected chi connectivity index (χ0v) is 18.9. The summed E-state index contributed by atoms with van der Waals surface area (Å²) >= 11 is 0. The predicted molar refractivity (Wildman–Crippen MR) is 130 cm³/mol. The topological polar surface area (TPSA) is 88.9 Å². The third kappa shape index (κ3) is 5.92. The zero-order valence-electron chi connectivity index (χ0n) is 18.9. The van der Waals surface area contributed by atoms with Crippen molar-refractivity contribution in [3.8, 4) is 11.5 Å². The lowest BCUT2D eigenvalue weighted by Crippen LogP contribution is -2.15. The highest BCUT2D eigenvalue weighted by atomic mass is 16.5. The van der Waals surface area contributed by atoms with Crippen molar-refractivity contribution < 1.29 is 14.3 Å². The molecule has 0 radical (unpaired) electrons. The molecule has 3 rings (SSSR count). The van der Waals surface area contributed by atoms with E-state index in [9.17, 15) is 4.79 Å². The molecular formula is C25H30N4O3. The summed E-state index contributed by atoms with van der Waals surface area (Å²) in [5.41, 5.74) is 10.8. The van der Waals surface area contributed by atoms with Gasteiger partial charge in [-0.05, 0) is 61.6 Å². The van der Waals surface area contributed by atoms with Gasteiger partial charge in [0.2, 0.25) is 0 Å². The van der Waals surface area contributed by atoms with Crippen LogP contribution in [0.4, 0.5) is 17.1 Å². The van der Waals surface area contributed by atoms with Crippen LogP contribution in [0.25, 0.3) is 0 Å². The highest BCUT2D eigenvalue weighted by Gasteiger charge is 2.10. The molecule has 3 aromatic carbocycles. The predicted octanol–water partition coefficient (Wildman–Crippen LogP) is 4.21. The molecule has 0 saturated heterocycles. The number of amides is 1. The Morgan fingerprint density at radius 3 is 2.25 bits per heavy atom. The maximum atomic E-state index is 12.7. The van der Waals surface area contributed by atoms with E-state index in [1.54, 1.807) is 26.4 Å². The maximum absolute atomic E-state index is 12.7. The molecule has 32 heavy (non-hydrogen) atoms. The number of carbonyl (C=O) groups is 1. The number of nitrogen functional groups attached to an aromatic ring is 1. The summed E-state index contributed by atoms with van der Waals surface area (Å²) in [6, 6.07) is 18.8. The first-order chi connectivity index (χ1) is 15.4. The Bertz CT molecular complexity index is 1070. The van der Waals surface area contributed by atoms with Gasteiger partial charge in [0, 0.05) is 30.4 Å². The second kappa shape index (κ2) is 10.5. The summed E-state index contributed by atoms with van der Waals surface area (Å²) in [6.45, 7) is 1.38. The molecule has 0 unspecified atom stereocenters. The summed E-state index contributed by atoms with van der Waals surface area (Å²) < 4.78 is 10.6. The van der Waals surface area contributed by atoms with E-state index in [0.29, 0.717) is 35.0 Å². The average molecular weight is 435 g/mol. The minimum absolute atomic E-state index is 0.196. The molecule has 7 nitrogen and oxygen atoms in total. The van der Waals surface area contributed by atoms with Crippen LogP contribution in [0.5, 0.6) is 11.5 Å². The van der Waals surface area contributed by atoms with E-state index >= 15 is 0 Å². The summed E-state index contributed by atoms with van der Waals surface area (Å²) in [7, 11) is 7.21. The molecule has 1 amide bonds. The Hall–Kier alpha value is -3.71. The van der Waals surface area contributed by atoms with E-state index in [-0.39, 0.29) is 5.91 Å². The second-order valence-corrected chi connectivity index (χ2v) is 7.73. The molecule has 0 heterocycles. The number of hydrogen-bond acceptors (Lipinski definition) is 6. The van der Waals surface area contributed by atoms with Crippen LogP contribution in [0.2, 0.25) is 0 Å². The monoisotopic (exact) mass is 434 g/mol. The first kappa shape index (κ1) is 23.0. The number of rotatable bonds is 9. The van der Waals surface area contributed by atoms with Crippen molar-refractivity contribution in [2.45, 2.75) is 13.1 Å². The number of nitrogens with one attached hydrogen (secondary N) is 2. The van der Waals surface area contributed by atoms with Crippen LogP contribution in [-0.4, -0.2) is 39.1 Å². The van der Waals surface area contributed by atoms with Gasteiger partial charge in [0.15, 0.2) is 11.5 Å². The van der Waals surface area contributed by atoms with Crippen LogP contribution in [-0.2, 0) is 13.1 Å². The van der Waals surface area contributed by atoms with Gasteiger partial charge in [-0.25, -0.2) is 0 Å². The third-order valence-electron chi connectivity index (χ3n) is 4.96. The number of nitrogens with two attached hydrogens (primary N) is 1. The Labute approximate surface area is 189 Å². The summed E-state index contributed by atoms with van der Waals surface area (Å²) in [6.07, 6.45) is 0. The third-order valence-corrected chi connectivity index (χ3v) is 4.96. The molecule has 3 aromatic rings. The van der Waals surface area contributed by atoms with Crippen molar-refractivity contribution in [1.29, 1.82) is 0 Å². The minimum atomic E-state index is -0.196. The van der Waals surface area contributed by atoms with Crippen LogP contribution < -0.4 is 25.8 Å². The molecule has 0 aliphatic carbocycles. The molecule has 168 valence electrons. The van der Waals surface area contributed by atoms with E-state index in [1.807, 2.05) is 62.6 Å². The van der Waals surface area contributed by atoms with Gasteiger partial charge >= 0.3 is 0 Å². The van der Waals surface area contributed by atoms with Gasteiger partial charge < -0.3 is 30.7 Å². The molecule has 0 bridgehead atoms. The van der Waals surface area contributed by atoms with Gasteiger partial charge in [0.1, 0.15) is 0 Å². The fourth-order valence-corrected chi connectivity index (χ4v) is 3.29. The number of hydrogen-bond donors (Lipinski definition) is 3. The van der Waals surface area contributed by atoms with Crippen LogP contribution in [0.1, 0.15) is 21.5 Å². The fraction of sp³-hybridized carbons (Fsp3) is 0.240. The van der Waals surface area contributed by atoms with Gasteiger partial charge in [-0.2, -0.15) is 0 Å². The van der Waals surface area contributed by atoms with E-state index in [2.05, 4.69) is 15.5 Å². The standard InChI is InChI=1S/C25H30N4O3/c1-29(2)16-18-7-11-21(26)22(13-18)28-25(30)19-8-5-17(6-9-19)15-27-20-10-12-23(31-3)24(14-20)32-4/h5-14,27H,15-16,26H2,1-4H3,(H,28,30). The molecule has 0 saturated carbocycles. The summed E-state index contributed by atoms with van der Waals surface area (Å²) in [5.74, 6) is 1.15. The Morgan fingerprint density at radius 2 is 1.59 bits per heavy atom. The van der Waals surface area contributed by atoms with Crippen molar-refractivity contribution in [2.24, 2.45) is 0 Å². The van der Waals surface area contributed by atoms with Gasteiger partial charge in [0.25, 0.3) is 5.91 Å². The molecule has 4 N–H and O–H groups in total. The quantitative estimate of drug-likeness (QED) is 0.437. The van der Waals surface area contributed by atoms with Crippen molar-refractivity contribution in [3.05, 3.63) is 77.4 Å². The number of benzene rings is 3. The number of nitrogens with zero attached hydrogens (tertiary/aromatic N) is 1. The van der Waals surface area contributed by atoms with Gasteiger partial charge in [-0.1, -0.05) is 18.2 Å². The fourth-order valence-electron chi connectivity index (χ4n) is 3.29. The van der Waals surface area contributed by atoms with Crippen LogP contribution in [0.3, 0.4) is 0 Å². The molecule has 0 aromatic heterocycles. The summed E-state index contributed by atoms with van der Waals surface area (Å²) in [4.78, 5) is 14.8. The molecule has 0 atom stereocenters. The highest BCUT2D eigenvalue weighted by molar-refractivity contribution is 6.05. The normalized spacial score (nSPS) is 10.7. The molecule has 7 heteroatoms. The van der Waals surface area contributed by atoms with Crippen LogP contribution in [0.15, 0.2) is 60.7 Å². The lowest BCUT2D eigenvalue weighted by atomic mass is 10.1. The summed E-state index contributed by atoms with van der Waals surface area (Å²) in [5, 5.41) is 6.27. The smallest absolute Gasteiger partial charge is 0.255 e. The lowest BCUT2D eigenvalue weighted by Gasteiger charge is -2.14. The molecule has 0 spiro atoms. The van der Waals surface area contributed by atoms with E-state index < -0.39 is 0 Å². The van der Waals surface area contributed by atoms with E-state index in [0.717, 1.165) is 23.4 Å². The first-order valence-corrected chi connectivity index (χ1v) is 10.3. The number of methoxy groups -OCH3 is 2. The number of anilines is 3. The minimum Gasteiger partial charge on any atom is -0.493 e. The van der Waals surface area contributed by atoms with Crippen LogP contribution in [0, 0.1) is 0 Å². The highest BCUT2D eigenvalue weighted by Crippen LogP contribution is 2.30. The lowest BCUT2D eigenvalue weighted by molar-refractivity contribution is 0.102. The number of ether oxygens (including phenoxy) is 2. The largest absolute Gasteiger partial charge is 0.493 e. The molecule has 0 aliphatic heterocycles. The Kier molecular flexibility index (Phi) is 7.57. The SMILES string of the molecule is COc1ccc(NCc2ccc(C(=O)Nc3cc(CN(C)C)ccc3N)cc2)cc1OC. The van der Waals surface area contributed by atoms with Crippen molar-refractivity contribution >= 4 is 23.0 Å². The first-order valence-electron chi connectivity index (χ1n) is 10.3. The van der Waals surface area contributed by atoms with Gasteiger partial charge in [-0.15, -0.1) is 0 Å². The van der Waals surface area contributed by atoms with Gasteiger partial charge in [-0.3, -0.25) is 4.79 Å². The zero-order chi connectivity index (χ0) is 23.1. The van der Waals surface area contributed by atoms with Crippen molar-refractivity contribution in [3.63, 3.8) is 0 Å². The van der Waals surface area contributed by atoms with Crippen molar-refractivity contribution in [2.75, 3.05) is 44.7 Å². The Balaban J connectivity index is 1.62. The Morgan fingerprint density at radius 1 is 0.906 bits per heavy atom. The number of carbonyl (C=O) groups excluding carboxylic acids is 1. The maximum Gasteiger partial charge on any atom is 0.255 e. The van der Waals surface area contributed by atoms with E-state index in [4.69, 9.17) is 15.2 Å². The molecule has 0 aliphatic rings. The van der Waals surface area contributed by atoms with Crippen molar-refractivity contribution in [1.82, 2.24) is 4.90 Å². The van der Waals surface area contributed by atoms with Crippen LogP contribution >= 0.6 is 0 Å². The molecule has 0 fully saturated rings. The second-order valence-electron chi connectivity index (χ2n) is 7.73.